The van der Waals surface area contributed by atoms with Crippen molar-refractivity contribution >= 4 is 17.6 Å². The van der Waals surface area contributed by atoms with E-state index >= 15 is 0 Å². The molecule has 1 heterocycles. The molecule has 0 aromatic heterocycles. The predicted molar refractivity (Wildman–Crippen MR) is 155 cm³/mol. The van der Waals surface area contributed by atoms with E-state index in [9.17, 15) is 14.7 Å². The first-order valence-corrected chi connectivity index (χ1v) is 13.5. The number of carbonyl (C=O) groups is 2. The smallest absolute Gasteiger partial charge is 0.637 e. The van der Waals surface area contributed by atoms with Gasteiger partial charge in [-0.15, -0.1) is 5.69 Å². The SMILES string of the molecule is C[C@@](CCCN=[N+]=[N-])([N-]C(c1ccccc1)c1ccccc1[N-]C(=O)C1CCCN1Cc1ccccc1)C(=O)O.[Ni+3]. The Labute approximate surface area is 250 Å². The van der Waals surface area contributed by atoms with Crippen molar-refractivity contribution in [1.82, 2.24) is 4.90 Å². The van der Waals surface area contributed by atoms with Crippen LogP contribution in [0.1, 0.15) is 55.3 Å². The summed E-state index contributed by atoms with van der Waals surface area (Å²) < 4.78 is 0. The predicted octanol–water partition coefficient (Wildman–Crippen LogP) is 7.28. The Bertz CT molecular complexity index is 1340. The summed E-state index contributed by atoms with van der Waals surface area (Å²) in [5.74, 6) is -1.27. The van der Waals surface area contributed by atoms with Crippen molar-refractivity contribution in [3.63, 3.8) is 0 Å². The van der Waals surface area contributed by atoms with Crippen LogP contribution in [0.2, 0.25) is 0 Å². The number of azide groups is 1. The number of carboxylic acid groups (broad SMARTS) is 1. The average molecular weight is 597 g/mol. The molecule has 2 unspecified atom stereocenters. The number of aliphatic carboxylic acids is 1. The Kier molecular flexibility index (Phi) is 11.9. The average Bonchev–Trinajstić information content (AvgIpc) is 3.44. The first kappa shape index (κ1) is 31.8. The molecule has 41 heavy (non-hydrogen) atoms. The van der Waals surface area contributed by atoms with E-state index < -0.39 is 17.6 Å². The molecule has 0 aliphatic carbocycles. The van der Waals surface area contributed by atoms with E-state index in [2.05, 4.69) is 32.4 Å². The van der Waals surface area contributed by atoms with E-state index in [4.69, 9.17) is 10.8 Å². The molecule has 3 aromatic rings. The zero-order chi connectivity index (χ0) is 28.4. The van der Waals surface area contributed by atoms with Crippen molar-refractivity contribution in [3.05, 3.63) is 123 Å². The van der Waals surface area contributed by atoms with Crippen LogP contribution in [0.15, 0.2) is 90.0 Å². The maximum atomic E-state index is 13.6. The van der Waals surface area contributed by atoms with Gasteiger partial charge in [-0.1, -0.05) is 121 Å². The second-order valence-corrected chi connectivity index (χ2v) is 10.2. The zero-order valence-electron chi connectivity index (χ0n) is 23.0. The Morgan fingerprint density at radius 1 is 1.07 bits per heavy atom. The summed E-state index contributed by atoms with van der Waals surface area (Å²) in [7, 11) is 0. The van der Waals surface area contributed by atoms with Crippen LogP contribution in [0.25, 0.3) is 21.1 Å². The monoisotopic (exact) mass is 596 g/mol. The van der Waals surface area contributed by atoms with Crippen LogP contribution in [0, 0.1) is 0 Å². The van der Waals surface area contributed by atoms with Crippen LogP contribution < -0.4 is 0 Å². The molecule has 1 N–H and O–H groups in total. The number of rotatable bonds is 13. The minimum absolute atomic E-state index is 0. The molecule has 10 heteroatoms. The molecule has 1 aliphatic rings. The molecule has 9 nitrogen and oxygen atoms in total. The number of benzene rings is 3. The summed E-state index contributed by atoms with van der Waals surface area (Å²) in [4.78, 5) is 30.9. The minimum atomic E-state index is -1.44. The molecule has 1 radical (unpaired) electrons. The minimum Gasteiger partial charge on any atom is -0.637 e. The molecule has 1 saturated heterocycles. The second-order valence-electron chi connectivity index (χ2n) is 10.2. The molecule has 4 rings (SSSR count). The van der Waals surface area contributed by atoms with Gasteiger partial charge in [0.2, 0.25) is 0 Å². The second kappa shape index (κ2) is 15.4. The van der Waals surface area contributed by atoms with Crippen LogP contribution in [0.3, 0.4) is 0 Å². The number of nitrogens with zero attached hydrogens (tertiary/aromatic N) is 6. The van der Waals surface area contributed by atoms with E-state index in [1.54, 1.807) is 13.0 Å². The fourth-order valence-electron chi connectivity index (χ4n) is 5.14. The van der Waals surface area contributed by atoms with Crippen molar-refractivity contribution in [2.75, 3.05) is 13.1 Å². The van der Waals surface area contributed by atoms with E-state index in [1.807, 2.05) is 66.7 Å². The fourth-order valence-corrected chi connectivity index (χ4v) is 5.14. The molecule has 3 aromatic carbocycles. The van der Waals surface area contributed by atoms with Gasteiger partial charge in [0.1, 0.15) is 0 Å². The zero-order valence-corrected chi connectivity index (χ0v) is 23.9. The normalized spacial score (nSPS) is 17.0. The van der Waals surface area contributed by atoms with Gasteiger partial charge in [-0.3, -0.25) is 9.69 Å². The Balaban J connectivity index is 0.00000462. The number of carboxylic acids is 1. The number of carbonyl (C=O) groups excluding carboxylic acids is 1. The summed E-state index contributed by atoms with van der Waals surface area (Å²) >= 11 is 0. The van der Waals surface area contributed by atoms with Gasteiger partial charge < -0.3 is 20.5 Å². The topological polar surface area (TPSA) is 135 Å². The van der Waals surface area contributed by atoms with Gasteiger partial charge >= 0.3 is 16.5 Å². The van der Waals surface area contributed by atoms with Gasteiger partial charge in [-0.05, 0) is 42.4 Å². The van der Waals surface area contributed by atoms with Crippen LogP contribution in [0.5, 0.6) is 0 Å². The van der Waals surface area contributed by atoms with E-state index in [0.717, 1.165) is 30.5 Å². The molecule has 1 aliphatic heterocycles. The quantitative estimate of drug-likeness (QED) is 0.0729. The van der Waals surface area contributed by atoms with Crippen molar-refractivity contribution in [2.24, 2.45) is 5.11 Å². The van der Waals surface area contributed by atoms with E-state index in [-0.39, 0.29) is 41.4 Å². The van der Waals surface area contributed by atoms with Crippen molar-refractivity contribution in [3.8, 4) is 0 Å². The maximum Gasteiger partial charge on any atom is 3.00 e. The summed E-state index contributed by atoms with van der Waals surface area (Å²) in [6.07, 6.45) is 2.24. The Hall–Kier alpha value is -3.68. The number of amides is 1. The van der Waals surface area contributed by atoms with Crippen LogP contribution in [0.4, 0.5) is 5.69 Å². The van der Waals surface area contributed by atoms with Crippen molar-refractivity contribution in [1.29, 1.82) is 0 Å². The molecular weight excluding hydrogens is 563 g/mol. The van der Waals surface area contributed by atoms with Crippen molar-refractivity contribution < 1.29 is 31.2 Å². The van der Waals surface area contributed by atoms with Gasteiger partial charge in [-0.2, -0.15) is 0 Å². The Morgan fingerprint density at radius 2 is 1.73 bits per heavy atom. The Morgan fingerprint density at radius 3 is 2.41 bits per heavy atom. The van der Waals surface area contributed by atoms with E-state index in [0.29, 0.717) is 24.2 Å². The molecule has 215 valence electrons. The van der Waals surface area contributed by atoms with Crippen molar-refractivity contribution in [2.45, 2.75) is 56.8 Å². The number of hydrogen-bond donors (Lipinski definition) is 1. The van der Waals surface area contributed by atoms with Gasteiger partial charge in [0, 0.05) is 18.0 Å². The summed E-state index contributed by atoms with van der Waals surface area (Å²) in [5.41, 5.74) is 10.3. The first-order chi connectivity index (χ1) is 19.4. The summed E-state index contributed by atoms with van der Waals surface area (Å²) in [6, 6.07) is 25.9. The molecule has 3 atom stereocenters. The third-order valence-corrected chi connectivity index (χ3v) is 7.31. The molecule has 0 bridgehead atoms. The largest absolute Gasteiger partial charge is 3.00 e. The van der Waals surface area contributed by atoms with Gasteiger partial charge in [0.05, 0.1) is 11.9 Å². The molecule has 1 amide bonds. The number of para-hydroxylation sites is 1. The van der Waals surface area contributed by atoms with Gasteiger partial charge in [0.25, 0.3) is 5.97 Å². The van der Waals surface area contributed by atoms with Crippen LogP contribution >= 0.6 is 0 Å². The van der Waals surface area contributed by atoms with E-state index in [1.165, 1.54) is 0 Å². The first-order valence-electron chi connectivity index (χ1n) is 13.5. The van der Waals surface area contributed by atoms with Crippen LogP contribution in [-0.2, 0) is 32.6 Å². The third kappa shape index (κ3) is 8.41. The third-order valence-electron chi connectivity index (χ3n) is 7.31. The summed E-state index contributed by atoms with van der Waals surface area (Å²) in [5, 5.41) is 23.2. The maximum absolute atomic E-state index is 13.6. The van der Waals surface area contributed by atoms with Gasteiger partial charge in [-0.25, -0.2) is 0 Å². The van der Waals surface area contributed by atoms with Crippen LogP contribution in [-0.4, -0.2) is 46.6 Å². The fraction of sp³-hybridized carbons (Fsp3) is 0.355. The molecule has 0 saturated carbocycles. The molecular formula is C31H34N6NiO3+. The number of likely N-dealkylation sites (tertiary alicyclic amines) is 1. The van der Waals surface area contributed by atoms with Gasteiger partial charge in [0.15, 0.2) is 0 Å². The number of hydrogen-bond acceptors (Lipinski definition) is 4. The summed E-state index contributed by atoms with van der Waals surface area (Å²) in [6.45, 7) is 3.28. The molecule has 0 spiro atoms. The standard InChI is InChI=1S/C31H35N6O3.Ni/c1-31(30(39)40,19-11-20-33-36-32)35-28(24-14-6-3-7-15-24)25-16-8-9-17-26(25)34-29(38)27-18-10-21-37(27)22-23-12-4-2-5-13-23;/h2-9,12-17,27-28H,10-11,18-22H2,1H3,(H2,34,38,39,40);/q-1;+3/p-1/t27?,28?,31-;/m0./s1. The molecule has 1 fully saturated rings.